The van der Waals surface area contributed by atoms with E-state index >= 15 is 0 Å². The van der Waals surface area contributed by atoms with Gasteiger partial charge in [0, 0.05) is 24.0 Å². The van der Waals surface area contributed by atoms with Crippen molar-refractivity contribution in [2.24, 2.45) is 0 Å². The van der Waals surface area contributed by atoms with E-state index in [2.05, 4.69) is 14.9 Å². The third-order valence-corrected chi connectivity index (χ3v) is 7.62. The molecule has 136 valence electrons. The van der Waals surface area contributed by atoms with Crippen molar-refractivity contribution in [1.29, 1.82) is 0 Å². The molecule has 0 aliphatic carbocycles. The molecule has 1 aliphatic heterocycles. The van der Waals surface area contributed by atoms with Crippen molar-refractivity contribution in [2.45, 2.75) is 10.8 Å². The van der Waals surface area contributed by atoms with Crippen molar-refractivity contribution in [1.82, 2.24) is 14.4 Å². The molecule has 4 heterocycles. The first kappa shape index (κ1) is 17.3. The van der Waals surface area contributed by atoms with Crippen LogP contribution in [0.5, 0.6) is 0 Å². The Balaban J connectivity index is 1.49. The summed E-state index contributed by atoms with van der Waals surface area (Å²) in [7, 11) is -2.55. The molecular formula is C15H13N3O5S3. The van der Waals surface area contributed by atoms with Gasteiger partial charge in [0.2, 0.25) is 21.7 Å². The molecular weight excluding hydrogens is 398 g/mol. The smallest absolute Gasteiger partial charge is 0.349 e. The van der Waals surface area contributed by atoms with Crippen LogP contribution in [0.25, 0.3) is 11.4 Å². The molecule has 8 nitrogen and oxygen atoms in total. The summed E-state index contributed by atoms with van der Waals surface area (Å²) in [5.74, 6) is 0.0855. The molecule has 3 aromatic rings. The maximum absolute atomic E-state index is 12.7. The molecule has 1 aliphatic rings. The Morgan fingerprint density at radius 1 is 1.35 bits per heavy atom. The van der Waals surface area contributed by atoms with Crippen LogP contribution < -0.4 is 0 Å². The van der Waals surface area contributed by atoms with Crippen LogP contribution in [0.2, 0.25) is 0 Å². The normalized spacial score (nSPS) is 15.7. The van der Waals surface area contributed by atoms with E-state index in [0.717, 1.165) is 16.9 Å². The number of hydrogen-bond acceptors (Lipinski definition) is 9. The Labute approximate surface area is 157 Å². The van der Waals surface area contributed by atoms with Crippen molar-refractivity contribution in [3.63, 3.8) is 0 Å². The summed E-state index contributed by atoms with van der Waals surface area (Å²) < 4.78 is 36.7. The van der Waals surface area contributed by atoms with Crippen LogP contribution in [-0.2, 0) is 14.8 Å². The molecule has 0 saturated carbocycles. The van der Waals surface area contributed by atoms with Gasteiger partial charge in [-0.15, -0.1) is 11.3 Å². The number of hydrogen-bond donors (Lipinski definition) is 0. The molecule has 1 saturated heterocycles. The van der Waals surface area contributed by atoms with E-state index in [-0.39, 0.29) is 28.8 Å². The summed E-state index contributed by atoms with van der Waals surface area (Å²) in [6, 6.07) is 3.31. The number of aromatic nitrogens is 2. The van der Waals surface area contributed by atoms with Gasteiger partial charge < -0.3 is 9.26 Å². The molecule has 0 bridgehead atoms. The third-order valence-electron chi connectivity index (χ3n) is 4.04. The minimum atomic E-state index is -3.77. The fourth-order valence-electron chi connectivity index (χ4n) is 2.58. The zero-order valence-corrected chi connectivity index (χ0v) is 15.9. The summed E-state index contributed by atoms with van der Waals surface area (Å²) in [5.41, 5.74) is 0.870. The van der Waals surface area contributed by atoms with Crippen molar-refractivity contribution in [3.05, 3.63) is 39.0 Å². The lowest BCUT2D eigenvalue weighted by Crippen LogP contribution is -2.48. The number of esters is 1. The van der Waals surface area contributed by atoms with Crippen molar-refractivity contribution >= 4 is 38.7 Å². The summed E-state index contributed by atoms with van der Waals surface area (Å²) in [6.45, 7) is 0.453. The van der Waals surface area contributed by atoms with Crippen LogP contribution in [0.4, 0.5) is 0 Å². The number of carbonyl (C=O) groups excluding carboxylic acids is 1. The molecule has 0 radical (unpaired) electrons. The second-order valence-electron chi connectivity index (χ2n) is 5.59. The van der Waals surface area contributed by atoms with E-state index in [9.17, 15) is 13.2 Å². The predicted molar refractivity (Wildman–Crippen MR) is 94.8 cm³/mol. The zero-order chi connectivity index (χ0) is 18.3. The molecule has 0 aromatic carbocycles. The Morgan fingerprint density at radius 3 is 2.85 bits per heavy atom. The van der Waals surface area contributed by atoms with Gasteiger partial charge in [-0.05, 0) is 22.9 Å². The first-order valence-corrected chi connectivity index (χ1v) is 10.8. The number of carbonyl (C=O) groups is 1. The molecule has 0 unspecified atom stereocenters. The molecule has 4 rings (SSSR count). The Hall–Kier alpha value is -2.08. The maximum Gasteiger partial charge on any atom is 0.349 e. The van der Waals surface area contributed by atoms with Crippen LogP contribution >= 0.6 is 22.7 Å². The van der Waals surface area contributed by atoms with Crippen LogP contribution in [0.3, 0.4) is 0 Å². The second-order valence-corrected chi connectivity index (χ2v) is 9.20. The third kappa shape index (κ3) is 2.86. The number of nitrogens with zero attached hydrogens (tertiary/aromatic N) is 3. The fraction of sp³-hybridized carbons (Fsp3) is 0.267. The molecule has 0 amide bonds. The van der Waals surface area contributed by atoms with Gasteiger partial charge in [-0.2, -0.15) is 20.6 Å². The van der Waals surface area contributed by atoms with Gasteiger partial charge in [-0.3, -0.25) is 0 Å². The van der Waals surface area contributed by atoms with E-state index in [1.165, 1.54) is 28.8 Å². The summed E-state index contributed by atoms with van der Waals surface area (Å²) in [6.07, 6.45) is 0. The number of ether oxygens (including phenoxy) is 1. The summed E-state index contributed by atoms with van der Waals surface area (Å²) in [4.78, 5) is 16.1. The average Bonchev–Trinajstić information content (AvgIpc) is 3.31. The molecule has 1 fully saturated rings. The summed E-state index contributed by atoms with van der Waals surface area (Å²) >= 11 is 2.57. The van der Waals surface area contributed by atoms with Crippen LogP contribution in [0.15, 0.2) is 37.7 Å². The topological polar surface area (TPSA) is 103 Å². The van der Waals surface area contributed by atoms with Gasteiger partial charge in [0.15, 0.2) is 0 Å². The lowest BCUT2D eigenvalue weighted by Gasteiger charge is -2.35. The maximum atomic E-state index is 12.7. The highest BCUT2D eigenvalue weighted by molar-refractivity contribution is 7.89. The van der Waals surface area contributed by atoms with E-state index in [1.54, 1.807) is 5.38 Å². The van der Waals surface area contributed by atoms with E-state index in [1.807, 2.05) is 16.8 Å². The molecule has 26 heavy (non-hydrogen) atoms. The zero-order valence-electron chi connectivity index (χ0n) is 13.5. The average molecular weight is 411 g/mol. The Bertz CT molecular complexity index is 1030. The lowest BCUT2D eigenvalue weighted by molar-refractivity contribution is 0.0602. The highest BCUT2D eigenvalue weighted by Crippen LogP contribution is 2.34. The number of thiophene rings is 2. The van der Waals surface area contributed by atoms with E-state index in [0.29, 0.717) is 11.7 Å². The highest BCUT2D eigenvalue weighted by Gasteiger charge is 2.42. The van der Waals surface area contributed by atoms with Gasteiger partial charge in [-0.25, -0.2) is 13.2 Å². The van der Waals surface area contributed by atoms with Gasteiger partial charge in [0.1, 0.15) is 9.77 Å². The quantitative estimate of drug-likeness (QED) is 0.594. The molecule has 3 aromatic heterocycles. The first-order valence-electron chi connectivity index (χ1n) is 7.53. The van der Waals surface area contributed by atoms with E-state index in [4.69, 9.17) is 4.52 Å². The highest BCUT2D eigenvalue weighted by atomic mass is 32.2. The Kier molecular flexibility index (Phi) is 4.39. The van der Waals surface area contributed by atoms with Gasteiger partial charge in [0.25, 0.3) is 0 Å². The van der Waals surface area contributed by atoms with Gasteiger partial charge >= 0.3 is 5.97 Å². The fourth-order valence-corrected chi connectivity index (χ4v) is 6.05. The van der Waals surface area contributed by atoms with Crippen LogP contribution in [-0.4, -0.2) is 49.0 Å². The monoisotopic (exact) mass is 411 g/mol. The Morgan fingerprint density at radius 2 is 2.15 bits per heavy atom. The first-order chi connectivity index (χ1) is 12.5. The molecule has 0 N–H and O–H groups in total. The number of rotatable bonds is 5. The van der Waals surface area contributed by atoms with Crippen molar-refractivity contribution in [3.8, 4) is 11.4 Å². The SMILES string of the molecule is COC(=O)c1sccc1S(=O)(=O)N1CC(c2nc(-c3ccsc3)no2)C1. The van der Waals surface area contributed by atoms with Gasteiger partial charge in [-0.1, -0.05) is 5.16 Å². The van der Waals surface area contributed by atoms with Crippen LogP contribution in [0, 0.1) is 0 Å². The second kappa shape index (κ2) is 6.58. The van der Waals surface area contributed by atoms with Crippen molar-refractivity contribution in [2.75, 3.05) is 20.2 Å². The predicted octanol–water partition coefficient (Wildman–Crippen LogP) is 2.43. The lowest BCUT2D eigenvalue weighted by atomic mass is 10.0. The van der Waals surface area contributed by atoms with Crippen LogP contribution in [0.1, 0.15) is 21.5 Å². The minimum Gasteiger partial charge on any atom is -0.465 e. The minimum absolute atomic E-state index is 0.0303. The molecule has 11 heteroatoms. The summed E-state index contributed by atoms with van der Waals surface area (Å²) in [5, 5.41) is 9.33. The number of sulfonamides is 1. The van der Waals surface area contributed by atoms with Gasteiger partial charge in [0.05, 0.1) is 13.0 Å². The van der Waals surface area contributed by atoms with Crippen molar-refractivity contribution < 1.29 is 22.5 Å². The largest absolute Gasteiger partial charge is 0.465 e. The van der Waals surface area contributed by atoms with E-state index < -0.39 is 16.0 Å². The molecule has 0 atom stereocenters. The standard InChI is InChI=1S/C15H13N3O5S3/c1-22-15(19)12-11(3-5-25-12)26(20,21)18-6-10(7-18)14-16-13(17-23-14)9-2-4-24-8-9/h2-5,8,10H,6-7H2,1H3. The molecule has 0 spiro atoms. The number of methoxy groups -OCH3 is 1.